The molecule has 1 saturated heterocycles. The maximum absolute atomic E-state index is 15.0. The molecule has 0 bridgehead atoms. The van der Waals surface area contributed by atoms with Gasteiger partial charge in [-0.05, 0) is 68.6 Å². The van der Waals surface area contributed by atoms with Crippen molar-refractivity contribution in [2.75, 3.05) is 28.9 Å². The van der Waals surface area contributed by atoms with Crippen LogP contribution < -0.4 is 20.1 Å². The molecule has 1 saturated carbocycles. The van der Waals surface area contributed by atoms with Crippen molar-refractivity contribution in [3.05, 3.63) is 66.2 Å². The molecule has 2 aromatic heterocycles. The Morgan fingerprint density at radius 3 is 2.65 bits per heavy atom. The standard InChI is InChI=1S/C30H31F3N6O3S/c1-18-6-7-21-22(8-9-24(31)26(21)39-43(40,41)17-19-10-12-30(19,32)33)27(18)42-28-23(5-3-14-35-28)25-11-15-36-29(38-25)37-20-4-2-13-34-16-20/h3,5-9,11,14-15,19-20,34,39H,2,4,10,12-13,16-17H2,1H3,(H,36,37,38)/t19-,20?/m1/s1. The van der Waals surface area contributed by atoms with Crippen LogP contribution in [0.5, 0.6) is 11.6 Å². The number of nitrogens with zero attached hydrogens (tertiary/aromatic N) is 3. The lowest BCUT2D eigenvalue weighted by Gasteiger charge is -2.35. The minimum Gasteiger partial charge on any atom is -0.437 e. The molecule has 2 aromatic carbocycles. The molecule has 0 spiro atoms. The molecule has 4 aromatic rings. The second-order valence-corrected chi connectivity index (χ2v) is 12.8. The van der Waals surface area contributed by atoms with Crippen LogP contribution in [0.15, 0.2) is 54.9 Å². The van der Waals surface area contributed by atoms with E-state index in [-0.39, 0.29) is 35.8 Å². The summed E-state index contributed by atoms with van der Waals surface area (Å²) in [5, 5.41) is 7.36. The maximum atomic E-state index is 15.0. The van der Waals surface area contributed by atoms with E-state index in [1.54, 1.807) is 43.6 Å². The summed E-state index contributed by atoms with van der Waals surface area (Å²) in [6.07, 6.45) is 5.04. The Hall–Kier alpha value is -3.97. The molecule has 13 heteroatoms. The number of piperidine rings is 1. The molecule has 1 aliphatic carbocycles. The topological polar surface area (TPSA) is 118 Å². The van der Waals surface area contributed by atoms with E-state index in [9.17, 15) is 17.2 Å². The van der Waals surface area contributed by atoms with Gasteiger partial charge < -0.3 is 15.4 Å². The summed E-state index contributed by atoms with van der Waals surface area (Å²) < 4.78 is 76.8. The van der Waals surface area contributed by atoms with Gasteiger partial charge in [0.1, 0.15) is 11.6 Å². The fourth-order valence-corrected chi connectivity index (χ4v) is 6.98. The van der Waals surface area contributed by atoms with Crippen LogP contribution in [0.4, 0.5) is 24.8 Å². The van der Waals surface area contributed by atoms with Crippen molar-refractivity contribution in [1.29, 1.82) is 0 Å². The van der Waals surface area contributed by atoms with Crippen molar-refractivity contribution in [3.8, 4) is 22.9 Å². The first kappa shape index (κ1) is 29.1. The number of benzene rings is 2. The van der Waals surface area contributed by atoms with Crippen LogP contribution in [-0.4, -0.2) is 54.2 Å². The van der Waals surface area contributed by atoms with E-state index >= 15 is 4.39 Å². The quantitative estimate of drug-likeness (QED) is 0.215. The minimum atomic E-state index is -4.27. The molecule has 226 valence electrons. The van der Waals surface area contributed by atoms with Gasteiger partial charge in [-0.3, -0.25) is 4.72 Å². The number of rotatable bonds is 9. The van der Waals surface area contributed by atoms with E-state index in [2.05, 4.69) is 30.3 Å². The number of aryl methyl sites for hydroxylation is 1. The summed E-state index contributed by atoms with van der Waals surface area (Å²) in [5.74, 6) is -4.92. The molecule has 0 radical (unpaired) electrons. The smallest absolute Gasteiger partial charge is 0.252 e. The van der Waals surface area contributed by atoms with E-state index in [4.69, 9.17) is 4.74 Å². The number of pyridine rings is 1. The van der Waals surface area contributed by atoms with Gasteiger partial charge in [0.2, 0.25) is 21.9 Å². The molecular formula is C30H31F3N6O3S. The first-order valence-electron chi connectivity index (χ1n) is 14.1. The Labute approximate surface area is 247 Å². The zero-order chi connectivity index (χ0) is 30.2. The summed E-state index contributed by atoms with van der Waals surface area (Å²) in [7, 11) is -4.27. The summed E-state index contributed by atoms with van der Waals surface area (Å²) >= 11 is 0. The van der Waals surface area contributed by atoms with Gasteiger partial charge in [0.15, 0.2) is 0 Å². The summed E-state index contributed by atoms with van der Waals surface area (Å²) in [4.78, 5) is 13.5. The third-order valence-electron chi connectivity index (χ3n) is 7.93. The highest BCUT2D eigenvalue weighted by atomic mass is 32.2. The second kappa shape index (κ2) is 11.6. The number of hydrogen-bond donors (Lipinski definition) is 3. The Morgan fingerprint density at radius 1 is 1.07 bits per heavy atom. The van der Waals surface area contributed by atoms with Crippen molar-refractivity contribution in [2.45, 2.75) is 44.6 Å². The maximum Gasteiger partial charge on any atom is 0.252 e. The van der Waals surface area contributed by atoms with Crippen LogP contribution in [0.25, 0.3) is 22.0 Å². The van der Waals surface area contributed by atoms with Crippen molar-refractivity contribution in [2.24, 2.45) is 5.92 Å². The van der Waals surface area contributed by atoms with Crippen molar-refractivity contribution >= 4 is 32.4 Å². The Kier molecular flexibility index (Phi) is 7.86. The average Bonchev–Trinajstić information content (AvgIpc) is 2.99. The van der Waals surface area contributed by atoms with Gasteiger partial charge in [-0.2, -0.15) is 0 Å². The SMILES string of the molecule is Cc1ccc2c(NS(=O)(=O)C[C@H]3CCC3(F)F)c(F)ccc2c1Oc1ncccc1-c1ccnc(NC2CCCNC2)n1. The van der Waals surface area contributed by atoms with E-state index < -0.39 is 33.4 Å². The van der Waals surface area contributed by atoms with Gasteiger partial charge in [-0.15, -0.1) is 0 Å². The lowest BCUT2D eigenvalue weighted by molar-refractivity contribution is -0.122. The molecule has 9 nitrogen and oxygen atoms in total. The van der Waals surface area contributed by atoms with Gasteiger partial charge in [-0.1, -0.05) is 12.1 Å². The lowest BCUT2D eigenvalue weighted by atomic mass is 9.82. The van der Waals surface area contributed by atoms with Gasteiger partial charge in [0.25, 0.3) is 5.92 Å². The number of hydrogen-bond acceptors (Lipinski definition) is 8. The summed E-state index contributed by atoms with van der Waals surface area (Å²) in [5.41, 5.74) is 1.54. The molecule has 3 N–H and O–H groups in total. The van der Waals surface area contributed by atoms with Crippen LogP contribution in [0, 0.1) is 18.7 Å². The number of halogens is 3. The number of sulfonamides is 1. The third-order valence-corrected chi connectivity index (χ3v) is 9.29. The first-order chi connectivity index (χ1) is 20.6. The van der Waals surface area contributed by atoms with E-state index in [1.165, 1.54) is 6.07 Å². The Bertz CT molecular complexity index is 1770. The fourth-order valence-electron chi connectivity index (χ4n) is 5.43. The van der Waals surface area contributed by atoms with Crippen LogP contribution in [0.3, 0.4) is 0 Å². The van der Waals surface area contributed by atoms with E-state index in [0.717, 1.165) is 32.0 Å². The predicted molar refractivity (Wildman–Crippen MR) is 159 cm³/mol. The van der Waals surface area contributed by atoms with Crippen molar-refractivity contribution < 1.29 is 26.3 Å². The molecule has 6 rings (SSSR count). The van der Waals surface area contributed by atoms with Gasteiger partial charge in [-0.25, -0.2) is 36.5 Å². The summed E-state index contributed by atoms with van der Waals surface area (Å²) in [6.45, 7) is 3.61. The molecule has 3 heterocycles. The predicted octanol–water partition coefficient (Wildman–Crippen LogP) is 5.88. The molecule has 2 atom stereocenters. The highest BCUT2D eigenvalue weighted by molar-refractivity contribution is 7.92. The Balaban J connectivity index is 1.32. The van der Waals surface area contributed by atoms with Crippen LogP contribution in [0.2, 0.25) is 0 Å². The second-order valence-electron chi connectivity index (χ2n) is 11.0. The van der Waals surface area contributed by atoms with Crippen molar-refractivity contribution in [3.63, 3.8) is 0 Å². The van der Waals surface area contributed by atoms with Gasteiger partial charge in [0, 0.05) is 48.1 Å². The van der Waals surface area contributed by atoms with Gasteiger partial charge >= 0.3 is 0 Å². The molecule has 1 aliphatic heterocycles. The molecule has 2 fully saturated rings. The number of aromatic nitrogens is 3. The third kappa shape index (κ3) is 6.23. The molecule has 43 heavy (non-hydrogen) atoms. The molecule has 2 aliphatic rings. The van der Waals surface area contributed by atoms with E-state index in [0.29, 0.717) is 33.9 Å². The van der Waals surface area contributed by atoms with Crippen molar-refractivity contribution in [1.82, 2.24) is 20.3 Å². The minimum absolute atomic E-state index is 0.0944. The van der Waals surface area contributed by atoms with Crippen LogP contribution in [-0.2, 0) is 10.0 Å². The van der Waals surface area contributed by atoms with Crippen LogP contribution in [0.1, 0.15) is 31.2 Å². The average molecular weight is 613 g/mol. The highest BCUT2D eigenvalue weighted by Gasteiger charge is 2.50. The zero-order valence-electron chi connectivity index (χ0n) is 23.4. The highest BCUT2D eigenvalue weighted by Crippen LogP contribution is 2.45. The normalized spacial score (nSPS) is 19.9. The summed E-state index contributed by atoms with van der Waals surface area (Å²) in [6, 6.07) is 11.4. The number of ether oxygens (including phenoxy) is 1. The molecular weight excluding hydrogens is 581 g/mol. The number of anilines is 2. The largest absolute Gasteiger partial charge is 0.437 e. The van der Waals surface area contributed by atoms with Gasteiger partial charge in [0.05, 0.1) is 22.7 Å². The molecule has 0 amide bonds. The van der Waals surface area contributed by atoms with Crippen LogP contribution >= 0.6 is 0 Å². The lowest BCUT2D eigenvalue weighted by Crippen LogP contribution is -2.43. The molecule has 1 unspecified atom stereocenters. The Morgan fingerprint density at radius 2 is 1.91 bits per heavy atom. The number of alkyl halides is 2. The number of nitrogens with one attached hydrogen (secondary N) is 3. The first-order valence-corrected chi connectivity index (χ1v) is 15.8. The monoisotopic (exact) mass is 612 g/mol. The fraction of sp³-hybridized carbons (Fsp3) is 0.367. The zero-order valence-corrected chi connectivity index (χ0v) is 24.2. The van der Waals surface area contributed by atoms with E-state index in [1.807, 2.05) is 6.07 Å². The number of fused-ring (bicyclic) bond motifs is 1.